The molecule has 16 heavy (non-hydrogen) atoms. The maximum absolute atomic E-state index is 11.0. The molecule has 2 unspecified atom stereocenters. The van der Waals surface area contributed by atoms with Crippen molar-refractivity contribution in [3.8, 4) is 0 Å². The summed E-state index contributed by atoms with van der Waals surface area (Å²) in [6, 6.07) is 0.208. The van der Waals surface area contributed by atoms with Crippen LogP contribution in [0.1, 0.15) is 52.4 Å². The molecule has 0 aromatic heterocycles. The highest BCUT2D eigenvalue weighted by Gasteiger charge is 2.26. The standard InChI is InChI=1S/C11H23NO3S/c1-9(10(2)16(13,14)15)12-11-7-5-3-4-6-8-11/h9-12H,3-8H2,1-2H3,(H,13,14,15). The summed E-state index contributed by atoms with van der Waals surface area (Å²) < 4.78 is 31.0. The molecule has 1 rings (SSSR count). The predicted octanol–water partition coefficient (Wildman–Crippen LogP) is 1.96. The molecule has 0 aromatic rings. The first kappa shape index (κ1) is 13.9. The predicted molar refractivity (Wildman–Crippen MR) is 65.1 cm³/mol. The Morgan fingerprint density at radius 3 is 2.06 bits per heavy atom. The molecule has 5 heteroatoms. The van der Waals surface area contributed by atoms with E-state index >= 15 is 0 Å². The van der Waals surface area contributed by atoms with Crippen LogP contribution in [0.4, 0.5) is 0 Å². The van der Waals surface area contributed by atoms with Crippen LogP contribution in [0.15, 0.2) is 0 Å². The molecule has 0 saturated heterocycles. The van der Waals surface area contributed by atoms with Gasteiger partial charge in [-0.15, -0.1) is 0 Å². The first-order chi connectivity index (χ1) is 7.41. The Balaban J connectivity index is 2.46. The minimum absolute atomic E-state index is 0.196. The second-order valence-electron chi connectivity index (χ2n) is 4.86. The van der Waals surface area contributed by atoms with Crippen molar-refractivity contribution in [2.24, 2.45) is 0 Å². The summed E-state index contributed by atoms with van der Waals surface area (Å²) in [5.74, 6) is 0. The van der Waals surface area contributed by atoms with E-state index in [1.807, 2.05) is 6.92 Å². The summed E-state index contributed by atoms with van der Waals surface area (Å²) in [6.07, 6.45) is 7.21. The lowest BCUT2D eigenvalue weighted by Gasteiger charge is -2.25. The van der Waals surface area contributed by atoms with Gasteiger partial charge < -0.3 is 5.32 Å². The van der Waals surface area contributed by atoms with Gasteiger partial charge in [0, 0.05) is 12.1 Å². The minimum Gasteiger partial charge on any atom is -0.310 e. The maximum Gasteiger partial charge on any atom is 0.269 e. The fourth-order valence-electron chi connectivity index (χ4n) is 2.21. The molecule has 0 spiro atoms. The fourth-order valence-corrected chi connectivity index (χ4v) is 2.81. The Hall–Kier alpha value is -0.130. The molecule has 0 bridgehead atoms. The molecule has 4 nitrogen and oxygen atoms in total. The molecule has 1 aliphatic rings. The minimum atomic E-state index is -3.92. The lowest BCUT2D eigenvalue weighted by atomic mass is 10.1. The van der Waals surface area contributed by atoms with Crippen LogP contribution < -0.4 is 5.32 Å². The van der Waals surface area contributed by atoms with Gasteiger partial charge in [0.2, 0.25) is 0 Å². The zero-order valence-corrected chi connectivity index (χ0v) is 11.0. The molecular formula is C11H23NO3S. The third-order valence-electron chi connectivity index (χ3n) is 3.53. The van der Waals surface area contributed by atoms with Crippen molar-refractivity contribution in [1.29, 1.82) is 0 Å². The first-order valence-corrected chi connectivity index (χ1v) is 7.64. The van der Waals surface area contributed by atoms with Gasteiger partial charge in [-0.25, -0.2) is 0 Å². The van der Waals surface area contributed by atoms with Crippen molar-refractivity contribution in [2.75, 3.05) is 0 Å². The van der Waals surface area contributed by atoms with Gasteiger partial charge in [0.1, 0.15) is 0 Å². The van der Waals surface area contributed by atoms with Gasteiger partial charge in [0.25, 0.3) is 10.1 Å². The van der Waals surface area contributed by atoms with Gasteiger partial charge in [0.05, 0.1) is 5.25 Å². The lowest BCUT2D eigenvalue weighted by Crippen LogP contribution is -2.45. The normalized spacial score (nSPS) is 23.7. The van der Waals surface area contributed by atoms with E-state index in [1.54, 1.807) is 6.92 Å². The average molecular weight is 249 g/mol. The van der Waals surface area contributed by atoms with E-state index in [4.69, 9.17) is 4.55 Å². The third kappa shape index (κ3) is 4.39. The van der Waals surface area contributed by atoms with Crippen LogP contribution in [0.3, 0.4) is 0 Å². The van der Waals surface area contributed by atoms with Crippen molar-refractivity contribution >= 4 is 10.1 Å². The molecule has 0 amide bonds. The maximum atomic E-state index is 11.0. The Morgan fingerprint density at radius 1 is 1.12 bits per heavy atom. The van der Waals surface area contributed by atoms with Crippen LogP contribution >= 0.6 is 0 Å². The fraction of sp³-hybridized carbons (Fsp3) is 1.00. The number of nitrogens with one attached hydrogen (secondary N) is 1. The summed E-state index contributed by atoms with van der Waals surface area (Å²) in [6.45, 7) is 3.37. The zero-order chi connectivity index (χ0) is 12.2. The number of hydrogen-bond donors (Lipinski definition) is 2. The van der Waals surface area contributed by atoms with Gasteiger partial charge in [0.15, 0.2) is 0 Å². The van der Waals surface area contributed by atoms with Gasteiger partial charge in [-0.3, -0.25) is 4.55 Å². The zero-order valence-electron chi connectivity index (χ0n) is 10.1. The SMILES string of the molecule is CC(NC1CCCCCC1)C(C)S(=O)(=O)O. The van der Waals surface area contributed by atoms with Crippen molar-refractivity contribution in [1.82, 2.24) is 5.32 Å². The molecule has 0 aromatic carbocycles. The molecule has 0 heterocycles. The second-order valence-corrected chi connectivity index (χ2v) is 6.64. The van der Waals surface area contributed by atoms with E-state index < -0.39 is 15.4 Å². The van der Waals surface area contributed by atoms with Gasteiger partial charge in [-0.2, -0.15) is 8.42 Å². The molecule has 1 fully saturated rings. The van der Waals surface area contributed by atoms with Crippen molar-refractivity contribution in [2.45, 2.75) is 69.7 Å². The van der Waals surface area contributed by atoms with Gasteiger partial charge >= 0.3 is 0 Å². The highest BCUT2D eigenvalue weighted by molar-refractivity contribution is 7.86. The van der Waals surface area contributed by atoms with Crippen LogP contribution in [-0.2, 0) is 10.1 Å². The number of rotatable bonds is 4. The molecule has 0 aliphatic heterocycles. The van der Waals surface area contributed by atoms with Crippen LogP contribution in [0.5, 0.6) is 0 Å². The van der Waals surface area contributed by atoms with E-state index in [1.165, 1.54) is 25.7 Å². The van der Waals surface area contributed by atoms with E-state index in [-0.39, 0.29) is 6.04 Å². The summed E-state index contributed by atoms with van der Waals surface area (Å²) in [5.41, 5.74) is 0. The average Bonchev–Trinajstić information content (AvgIpc) is 2.43. The molecule has 1 saturated carbocycles. The Bertz CT molecular complexity index is 294. The number of hydrogen-bond acceptors (Lipinski definition) is 3. The highest BCUT2D eigenvalue weighted by atomic mass is 32.2. The Labute approximate surface area is 98.6 Å². The van der Waals surface area contributed by atoms with E-state index in [9.17, 15) is 8.42 Å². The molecule has 1 aliphatic carbocycles. The Morgan fingerprint density at radius 2 is 1.62 bits per heavy atom. The smallest absolute Gasteiger partial charge is 0.269 e. The third-order valence-corrected chi connectivity index (χ3v) is 4.88. The molecule has 2 atom stereocenters. The highest BCUT2D eigenvalue weighted by Crippen LogP contribution is 2.18. The monoisotopic (exact) mass is 249 g/mol. The first-order valence-electron chi connectivity index (χ1n) is 6.13. The van der Waals surface area contributed by atoms with Crippen LogP contribution in [0.25, 0.3) is 0 Å². The summed E-state index contributed by atoms with van der Waals surface area (Å²) in [5, 5.41) is 2.59. The Kier molecular flexibility index (Phi) is 5.21. The van der Waals surface area contributed by atoms with Gasteiger partial charge in [-0.1, -0.05) is 25.7 Å². The van der Waals surface area contributed by atoms with Crippen LogP contribution in [-0.4, -0.2) is 30.3 Å². The quantitative estimate of drug-likeness (QED) is 0.590. The van der Waals surface area contributed by atoms with Crippen LogP contribution in [0.2, 0.25) is 0 Å². The van der Waals surface area contributed by atoms with Crippen molar-refractivity contribution in [3.63, 3.8) is 0 Å². The van der Waals surface area contributed by atoms with Gasteiger partial charge in [-0.05, 0) is 26.7 Å². The van der Waals surface area contributed by atoms with E-state index in [2.05, 4.69) is 5.32 Å². The second kappa shape index (κ2) is 5.98. The molecule has 2 N–H and O–H groups in total. The topological polar surface area (TPSA) is 66.4 Å². The largest absolute Gasteiger partial charge is 0.310 e. The summed E-state index contributed by atoms with van der Waals surface area (Å²) >= 11 is 0. The van der Waals surface area contributed by atoms with E-state index in [0.29, 0.717) is 6.04 Å². The molecule has 96 valence electrons. The van der Waals surface area contributed by atoms with Crippen molar-refractivity contribution in [3.05, 3.63) is 0 Å². The summed E-state index contributed by atoms with van der Waals surface area (Å²) in [7, 11) is -3.92. The summed E-state index contributed by atoms with van der Waals surface area (Å²) in [4.78, 5) is 0. The lowest BCUT2D eigenvalue weighted by molar-refractivity contribution is 0.385. The van der Waals surface area contributed by atoms with Crippen molar-refractivity contribution < 1.29 is 13.0 Å². The molecular weight excluding hydrogens is 226 g/mol. The van der Waals surface area contributed by atoms with E-state index in [0.717, 1.165) is 12.8 Å². The van der Waals surface area contributed by atoms with Crippen LogP contribution in [0, 0.1) is 0 Å². The molecule has 0 radical (unpaired) electrons.